The fourth-order valence-electron chi connectivity index (χ4n) is 2.29. The Morgan fingerprint density at radius 2 is 2.33 bits per heavy atom. The lowest BCUT2D eigenvalue weighted by atomic mass is 9.80. The summed E-state index contributed by atoms with van der Waals surface area (Å²) in [6.07, 6.45) is 3.36. The van der Waals surface area contributed by atoms with Gasteiger partial charge < -0.3 is 19.6 Å². The maximum atomic E-state index is 10.8. The molecule has 2 rings (SSSR count). The fourth-order valence-corrected chi connectivity index (χ4v) is 2.29. The van der Waals surface area contributed by atoms with Gasteiger partial charge in [0.05, 0.1) is 12.1 Å². The van der Waals surface area contributed by atoms with Gasteiger partial charge in [-0.15, -0.1) is 0 Å². The molecule has 1 aromatic heterocycles. The number of furan rings is 1. The predicted molar refractivity (Wildman–Crippen MR) is 65.7 cm³/mol. The lowest BCUT2D eigenvalue weighted by Gasteiger charge is -2.40. The molecule has 100 valence electrons. The van der Waals surface area contributed by atoms with Crippen molar-refractivity contribution in [3.05, 3.63) is 23.2 Å². The molecule has 1 aromatic rings. The SMILES string of the molecule is COC1(CNCc2cc(C)c(C(=O)O)o2)CCC1. The highest BCUT2D eigenvalue weighted by Gasteiger charge is 2.36. The van der Waals surface area contributed by atoms with Crippen molar-refractivity contribution in [1.29, 1.82) is 0 Å². The Bertz CT molecular complexity index is 429. The van der Waals surface area contributed by atoms with E-state index in [1.807, 2.05) is 0 Å². The van der Waals surface area contributed by atoms with Crippen molar-refractivity contribution in [2.75, 3.05) is 13.7 Å². The van der Waals surface area contributed by atoms with Crippen LogP contribution in [0, 0.1) is 6.92 Å². The molecule has 1 saturated carbocycles. The van der Waals surface area contributed by atoms with Gasteiger partial charge in [-0.1, -0.05) is 0 Å². The minimum Gasteiger partial charge on any atom is -0.475 e. The minimum atomic E-state index is -1.02. The molecule has 0 spiro atoms. The number of ether oxygens (including phenoxy) is 1. The third kappa shape index (κ3) is 2.57. The summed E-state index contributed by atoms with van der Waals surface area (Å²) < 4.78 is 10.8. The van der Waals surface area contributed by atoms with Crippen molar-refractivity contribution >= 4 is 5.97 Å². The molecular formula is C13H19NO4. The van der Waals surface area contributed by atoms with E-state index in [-0.39, 0.29) is 11.4 Å². The molecule has 0 atom stereocenters. The van der Waals surface area contributed by atoms with Gasteiger partial charge in [-0.25, -0.2) is 4.79 Å². The second-order valence-electron chi connectivity index (χ2n) is 4.87. The molecule has 5 nitrogen and oxygen atoms in total. The number of hydrogen-bond acceptors (Lipinski definition) is 4. The van der Waals surface area contributed by atoms with Gasteiger partial charge in [0, 0.05) is 19.2 Å². The molecule has 0 unspecified atom stereocenters. The maximum absolute atomic E-state index is 10.8. The molecule has 0 aliphatic heterocycles. The van der Waals surface area contributed by atoms with Gasteiger partial charge in [0.25, 0.3) is 0 Å². The number of rotatable bonds is 6. The molecule has 18 heavy (non-hydrogen) atoms. The van der Waals surface area contributed by atoms with Crippen LogP contribution in [0.2, 0.25) is 0 Å². The molecule has 1 aliphatic carbocycles. The van der Waals surface area contributed by atoms with Crippen LogP contribution in [-0.2, 0) is 11.3 Å². The Morgan fingerprint density at radius 1 is 1.61 bits per heavy atom. The van der Waals surface area contributed by atoms with Crippen molar-refractivity contribution in [3.63, 3.8) is 0 Å². The second kappa shape index (κ2) is 5.12. The monoisotopic (exact) mass is 253 g/mol. The summed E-state index contributed by atoms with van der Waals surface area (Å²) in [5, 5.41) is 12.1. The average molecular weight is 253 g/mol. The zero-order chi connectivity index (χ0) is 13.2. The minimum absolute atomic E-state index is 0.0249. The summed E-state index contributed by atoms with van der Waals surface area (Å²) in [4.78, 5) is 10.8. The summed E-state index contributed by atoms with van der Waals surface area (Å²) >= 11 is 0. The Kier molecular flexibility index (Phi) is 3.73. The lowest BCUT2D eigenvalue weighted by Crippen LogP contribution is -2.47. The van der Waals surface area contributed by atoms with Crippen LogP contribution in [0.4, 0.5) is 0 Å². The number of aryl methyl sites for hydroxylation is 1. The Balaban J connectivity index is 1.87. The Hall–Kier alpha value is -1.33. The average Bonchev–Trinajstić information content (AvgIpc) is 2.64. The molecule has 0 aromatic carbocycles. The normalized spacial score (nSPS) is 17.4. The standard InChI is InChI=1S/C13H19NO4/c1-9-6-10(18-11(9)12(15)16)7-14-8-13(17-2)4-3-5-13/h6,14H,3-5,7-8H2,1-2H3,(H,15,16). The third-order valence-electron chi connectivity index (χ3n) is 3.61. The van der Waals surface area contributed by atoms with E-state index in [1.54, 1.807) is 20.1 Å². The number of nitrogens with one attached hydrogen (secondary N) is 1. The first-order valence-corrected chi connectivity index (χ1v) is 6.15. The van der Waals surface area contributed by atoms with Crippen LogP contribution in [0.1, 0.15) is 41.1 Å². The highest BCUT2D eigenvalue weighted by atomic mass is 16.5. The molecule has 0 amide bonds. The van der Waals surface area contributed by atoms with Crippen molar-refractivity contribution in [3.8, 4) is 0 Å². The number of aromatic carboxylic acids is 1. The first kappa shape index (κ1) is 13.1. The quantitative estimate of drug-likeness (QED) is 0.810. The van der Waals surface area contributed by atoms with Crippen LogP contribution in [0.5, 0.6) is 0 Å². The van der Waals surface area contributed by atoms with Crippen LogP contribution in [-0.4, -0.2) is 30.3 Å². The number of methoxy groups -OCH3 is 1. The molecule has 0 radical (unpaired) electrons. The van der Waals surface area contributed by atoms with Gasteiger partial charge in [-0.05, 0) is 32.3 Å². The summed E-state index contributed by atoms with van der Waals surface area (Å²) in [6, 6.07) is 1.76. The molecule has 5 heteroatoms. The molecule has 0 bridgehead atoms. The summed E-state index contributed by atoms with van der Waals surface area (Å²) in [7, 11) is 1.74. The highest BCUT2D eigenvalue weighted by molar-refractivity contribution is 5.86. The lowest BCUT2D eigenvalue weighted by molar-refractivity contribution is -0.0697. The summed E-state index contributed by atoms with van der Waals surface area (Å²) in [5.41, 5.74) is 0.626. The van der Waals surface area contributed by atoms with Crippen molar-refractivity contribution in [1.82, 2.24) is 5.32 Å². The number of carboxylic acids is 1. The van der Waals surface area contributed by atoms with Gasteiger partial charge in [-0.3, -0.25) is 0 Å². The smallest absolute Gasteiger partial charge is 0.372 e. The fraction of sp³-hybridized carbons (Fsp3) is 0.615. The molecule has 1 heterocycles. The Morgan fingerprint density at radius 3 is 2.78 bits per heavy atom. The van der Waals surface area contributed by atoms with E-state index in [4.69, 9.17) is 14.3 Å². The van der Waals surface area contributed by atoms with Crippen molar-refractivity contribution in [2.24, 2.45) is 0 Å². The van der Waals surface area contributed by atoms with Gasteiger partial charge >= 0.3 is 5.97 Å². The van der Waals surface area contributed by atoms with Crippen LogP contribution in [0.15, 0.2) is 10.5 Å². The largest absolute Gasteiger partial charge is 0.475 e. The predicted octanol–water partition coefficient (Wildman–Crippen LogP) is 1.94. The first-order valence-electron chi connectivity index (χ1n) is 6.15. The van der Waals surface area contributed by atoms with Crippen LogP contribution >= 0.6 is 0 Å². The number of carbonyl (C=O) groups is 1. The van der Waals surface area contributed by atoms with E-state index >= 15 is 0 Å². The van der Waals surface area contributed by atoms with Gasteiger partial charge in [0.2, 0.25) is 5.76 Å². The number of hydrogen-bond donors (Lipinski definition) is 2. The number of carboxylic acid groups (broad SMARTS) is 1. The van der Waals surface area contributed by atoms with E-state index in [0.717, 1.165) is 19.4 Å². The van der Waals surface area contributed by atoms with E-state index in [1.165, 1.54) is 6.42 Å². The third-order valence-corrected chi connectivity index (χ3v) is 3.61. The molecule has 0 saturated heterocycles. The maximum Gasteiger partial charge on any atom is 0.372 e. The van der Waals surface area contributed by atoms with Crippen LogP contribution in [0.25, 0.3) is 0 Å². The summed E-state index contributed by atoms with van der Waals surface area (Å²) in [5.74, 6) is -0.349. The van der Waals surface area contributed by atoms with Crippen LogP contribution < -0.4 is 5.32 Å². The van der Waals surface area contributed by atoms with E-state index in [9.17, 15) is 4.79 Å². The zero-order valence-electron chi connectivity index (χ0n) is 10.8. The Labute approximate surface area is 106 Å². The van der Waals surface area contributed by atoms with Crippen LogP contribution in [0.3, 0.4) is 0 Å². The molecule has 1 fully saturated rings. The second-order valence-corrected chi connectivity index (χ2v) is 4.87. The van der Waals surface area contributed by atoms with Gasteiger partial charge in [0.1, 0.15) is 5.76 Å². The van der Waals surface area contributed by atoms with Gasteiger partial charge in [-0.2, -0.15) is 0 Å². The topological polar surface area (TPSA) is 71.7 Å². The molecule has 2 N–H and O–H groups in total. The molecule has 1 aliphatic rings. The summed E-state index contributed by atoms with van der Waals surface area (Å²) in [6.45, 7) is 3.03. The molecular weight excluding hydrogens is 234 g/mol. The highest BCUT2D eigenvalue weighted by Crippen LogP contribution is 2.34. The van der Waals surface area contributed by atoms with Gasteiger partial charge in [0.15, 0.2) is 0 Å². The first-order chi connectivity index (χ1) is 8.56. The van der Waals surface area contributed by atoms with E-state index < -0.39 is 5.97 Å². The van der Waals surface area contributed by atoms with E-state index in [0.29, 0.717) is 17.9 Å². The van der Waals surface area contributed by atoms with Crippen molar-refractivity contribution in [2.45, 2.75) is 38.3 Å². The van der Waals surface area contributed by atoms with Crippen molar-refractivity contribution < 1.29 is 19.1 Å². The van der Waals surface area contributed by atoms with E-state index in [2.05, 4.69) is 5.32 Å². The zero-order valence-corrected chi connectivity index (χ0v) is 10.8.